The average Bonchev–Trinajstić information content (AvgIpc) is 3.17. The summed E-state index contributed by atoms with van der Waals surface area (Å²) in [4.78, 5) is 24.2. The molecule has 0 saturated carbocycles. The van der Waals surface area contributed by atoms with Crippen LogP contribution in [-0.4, -0.2) is 38.6 Å². The minimum Gasteiger partial charge on any atom is -0.394 e. The third-order valence-electron chi connectivity index (χ3n) is 4.10. The number of aromatic amines is 1. The molecule has 0 radical (unpaired) electrons. The van der Waals surface area contributed by atoms with Gasteiger partial charge in [-0.25, -0.2) is 9.97 Å². The Kier molecular flexibility index (Phi) is 6.74. The molecule has 0 bridgehead atoms. The summed E-state index contributed by atoms with van der Waals surface area (Å²) in [6.45, 7) is 3.70. The molecule has 1 atom stereocenters. The Balaban J connectivity index is 1.79. The van der Waals surface area contributed by atoms with Gasteiger partial charge in [0.15, 0.2) is 0 Å². The Morgan fingerprint density at radius 2 is 2.07 bits per heavy atom. The number of rotatable bonds is 7. The molecule has 9 heteroatoms. The zero-order valence-electron chi connectivity index (χ0n) is 15.9. The van der Waals surface area contributed by atoms with E-state index in [-0.39, 0.29) is 18.6 Å². The van der Waals surface area contributed by atoms with Gasteiger partial charge in [-0.1, -0.05) is 35.3 Å². The van der Waals surface area contributed by atoms with Crippen molar-refractivity contribution in [3.8, 4) is 11.3 Å². The van der Waals surface area contributed by atoms with Gasteiger partial charge in [-0.05, 0) is 37.6 Å². The van der Waals surface area contributed by atoms with E-state index >= 15 is 0 Å². The Labute approximate surface area is 178 Å². The van der Waals surface area contributed by atoms with Gasteiger partial charge in [0.2, 0.25) is 5.95 Å². The molecule has 3 rings (SSSR count). The molecular formula is C20H21Cl2N5O2. The van der Waals surface area contributed by atoms with E-state index in [0.717, 1.165) is 0 Å². The maximum absolute atomic E-state index is 12.6. The van der Waals surface area contributed by atoms with Gasteiger partial charge >= 0.3 is 0 Å². The second-order valence-electron chi connectivity index (χ2n) is 6.75. The normalized spacial score (nSPS) is 12.1. The highest BCUT2D eigenvalue weighted by Gasteiger charge is 2.18. The van der Waals surface area contributed by atoms with Gasteiger partial charge in [0, 0.05) is 22.8 Å². The number of aliphatic hydroxyl groups excluding tert-OH is 1. The zero-order chi connectivity index (χ0) is 21.0. The first-order valence-corrected chi connectivity index (χ1v) is 9.78. The number of hydrogen-bond acceptors (Lipinski definition) is 5. The summed E-state index contributed by atoms with van der Waals surface area (Å²) >= 11 is 12.2. The first-order chi connectivity index (χ1) is 13.9. The first kappa shape index (κ1) is 21.1. The third kappa shape index (κ3) is 5.26. The summed E-state index contributed by atoms with van der Waals surface area (Å²) in [6, 6.07) is 8.21. The summed E-state index contributed by atoms with van der Waals surface area (Å²) in [5.74, 6) is 0.0777. The van der Waals surface area contributed by atoms with Crippen LogP contribution in [0.1, 0.15) is 35.9 Å². The lowest BCUT2D eigenvalue weighted by molar-refractivity contribution is 0.0912. The van der Waals surface area contributed by atoms with E-state index in [0.29, 0.717) is 38.5 Å². The van der Waals surface area contributed by atoms with Gasteiger partial charge in [-0.2, -0.15) is 0 Å². The van der Waals surface area contributed by atoms with Crippen molar-refractivity contribution in [2.24, 2.45) is 0 Å². The molecule has 3 aromatic rings. The number of anilines is 1. The van der Waals surface area contributed by atoms with Crippen LogP contribution in [-0.2, 0) is 0 Å². The topological polar surface area (TPSA) is 103 Å². The Morgan fingerprint density at radius 3 is 2.76 bits per heavy atom. The fourth-order valence-corrected chi connectivity index (χ4v) is 3.15. The maximum atomic E-state index is 12.6. The Bertz CT molecular complexity index is 1010. The van der Waals surface area contributed by atoms with E-state index in [1.54, 1.807) is 36.5 Å². The molecule has 0 aliphatic carbocycles. The monoisotopic (exact) mass is 433 g/mol. The molecule has 0 saturated heterocycles. The van der Waals surface area contributed by atoms with Gasteiger partial charge in [-0.15, -0.1) is 0 Å². The van der Waals surface area contributed by atoms with Crippen molar-refractivity contribution in [3.05, 3.63) is 64.0 Å². The molecule has 2 heterocycles. The summed E-state index contributed by atoms with van der Waals surface area (Å²) in [6.07, 6.45) is 3.16. The fraction of sp³-hybridized carbons (Fsp3) is 0.250. The Morgan fingerprint density at radius 1 is 1.28 bits per heavy atom. The summed E-state index contributed by atoms with van der Waals surface area (Å²) < 4.78 is 0. The van der Waals surface area contributed by atoms with Crippen molar-refractivity contribution in [2.45, 2.75) is 25.9 Å². The second-order valence-corrected chi connectivity index (χ2v) is 7.60. The number of aromatic nitrogens is 3. The maximum Gasteiger partial charge on any atom is 0.268 e. The lowest BCUT2D eigenvalue weighted by Gasteiger charge is -2.16. The van der Waals surface area contributed by atoms with Crippen LogP contribution in [0.2, 0.25) is 10.0 Å². The summed E-state index contributed by atoms with van der Waals surface area (Å²) in [5, 5.41) is 16.5. The number of benzene rings is 1. The number of amides is 1. The average molecular weight is 434 g/mol. The van der Waals surface area contributed by atoms with Crippen LogP contribution in [0.3, 0.4) is 0 Å². The van der Waals surface area contributed by atoms with Crippen LogP contribution < -0.4 is 10.6 Å². The predicted molar refractivity (Wildman–Crippen MR) is 114 cm³/mol. The molecule has 1 aromatic carbocycles. The van der Waals surface area contributed by atoms with Crippen LogP contribution in [0.15, 0.2) is 42.7 Å². The molecule has 0 fully saturated rings. The first-order valence-electron chi connectivity index (χ1n) is 9.02. The minimum absolute atomic E-state index is 0.165. The SMILES string of the molecule is CC(C)Nc1ncc(Cl)c(-c2c[nH]c(C(=O)N[C@H](CO)c3cccc(Cl)c3)c2)n1. The number of H-pyrrole nitrogens is 1. The molecule has 4 N–H and O–H groups in total. The molecule has 0 aliphatic heterocycles. The van der Waals surface area contributed by atoms with E-state index in [1.165, 1.54) is 6.20 Å². The van der Waals surface area contributed by atoms with Gasteiger partial charge in [0.05, 0.1) is 29.6 Å². The van der Waals surface area contributed by atoms with E-state index < -0.39 is 6.04 Å². The number of carbonyl (C=O) groups excluding carboxylic acids is 1. The molecule has 1 amide bonds. The van der Waals surface area contributed by atoms with Crippen molar-refractivity contribution >= 4 is 35.1 Å². The standard InChI is InChI=1S/C20H21Cl2N5O2/c1-11(2)25-20-24-9-15(22)18(27-20)13-7-16(23-8-13)19(29)26-17(10-28)12-4-3-5-14(21)6-12/h3-9,11,17,23,28H,10H2,1-2H3,(H,26,29)(H,24,25,27)/t17-/m1/s1. The highest BCUT2D eigenvalue weighted by molar-refractivity contribution is 6.33. The molecule has 0 unspecified atom stereocenters. The van der Waals surface area contributed by atoms with E-state index in [9.17, 15) is 9.90 Å². The number of hydrogen-bond donors (Lipinski definition) is 4. The second kappa shape index (κ2) is 9.26. The van der Waals surface area contributed by atoms with Crippen molar-refractivity contribution in [2.75, 3.05) is 11.9 Å². The number of carbonyl (C=O) groups is 1. The quantitative estimate of drug-likeness (QED) is 0.449. The minimum atomic E-state index is -0.586. The molecule has 0 aliphatic rings. The molecule has 152 valence electrons. The zero-order valence-corrected chi connectivity index (χ0v) is 17.4. The van der Waals surface area contributed by atoms with Gasteiger partial charge in [0.1, 0.15) is 5.69 Å². The fourth-order valence-electron chi connectivity index (χ4n) is 2.75. The number of nitrogens with zero attached hydrogens (tertiary/aromatic N) is 2. The molecule has 2 aromatic heterocycles. The summed E-state index contributed by atoms with van der Waals surface area (Å²) in [5.41, 5.74) is 2.18. The van der Waals surface area contributed by atoms with Gasteiger partial charge in [0.25, 0.3) is 5.91 Å². The third-order valence-corrected chi connectivity index (χ3v) is 4.61. The van der Waals surface area contributed by atoms with Crippen molar-refractivity contribution < 1.29 is 9.90 Å². The molecule has 29 heavy (non-hydrogen) atoms. The van der Waals surface area contributed by atoms with Crippen LogP contribution >= 0.6 is 23.2 Å². The van der Waals surface area contributed by atoms with Crippen molar-refractivity contribution in [1.82, 2.24) is 20.3 Å². The predicted octanol–water partition coefficient (Wildman–Crippen LogP) is 4.06. The highest BCUT2D eigenvalue weighted by atomic mass is 35.5. The van der Waals surface area contributed by atoms with Crippen molar-refractivity contribution in [3.63, 3.8) is 0 Å². The highest BCUT2D eigenvalue weighted by Crippen LogP contribution is 2.27. The van der Waals surface area contributed by atoms with Gasteiger partial charge in [-0.3, -0.25) is 4.79 Å². The van der Waals surface area contributed by atoms with E-state index in [2.05, 4.69) is 25.6 Å². The molecule has 7 nitrogen and oxygen atoms in total. The van der Waals surface area contributed by atoms with E-state index in [1.807, 2.05) is 13.8 Å². The number of halogens is 2. The summed E-state index contributed by atoms with van der Waals surface area (Å²) in [7, 11) is 0. The number of nitrogens with one attached hydrogen (secondary N) is 3. The van der Waals surface area contributed by atoms with E-state index in [4.69, 9.17) is 23.2 Å². The van der Waals surface area contributed by atoms with Crippen molar-refractivity contribution in [1.29, 1.82) is 0 Å². The lowest BCUT2D eigenvalue weighted by Crippen LogP contribution is -2.31. The van der Waals surface area contributed by atoms with Crippen LogP contribution in [0, 0.1) is 0 Å². The van der Waals surface area contributed by atoms with Crippen LogP contribution in [0.5, 0.6) is 0 Å². The largest absolute Gasteiger partial charge is 0.394 e. The number of aliphatic hydroxyl groups is 1. The molecule has 0 spiro atoms. The Hall–Kier alpha value is -2.61. The lowest BCUT2D eigenvalue weighted by atomic mass is 10.1. The molecular weight excluding hydrogens is 413 g/mol. The smallest absolute Gasteiger partial charge is 0.268 e. The van der Waals surface area contributed by atoms with Gasteiger partial charge < -0.3 is 20.7 Å². The van der Waals surface area contributed by atoms with Crippen LogP contribution in [0.25, 0.3) is 11.3 Å². The van der Waals surface area contributed by atoms with Crippen LogP contribution in [0.4, 0.5) is 5.95 Å².